The van der Waals surface area contributed by atoms with Crippen LogP contribution in [0.15, 0.2) is 4.99 Å². The Hall–Kier alpha value is -1.06. The van der Waals surface area contributed by atoms with E-state index in [-0.39, 0.29) is 17.9 Å². The lowest BCUT2D eigenvalue weighted by Crippen LogP contribution is -2.28. The van der Waals surface area contributed by atoms with E-state index in [9.17, 15) is 4.79 Å². The number of aliphatic imine (C=N–C) groups is 1. The molecular weight excluding hydrogens is 216 g/mol. The van der Waals surface area contributed by atoms with Gasteiger partial charge in [-0.05, 0) is 37.0 Å². The number of rotatable bonds is 2. The van der Waals surface area contributed by atoms with Crippen molar-refractivity contribution in [3.8, 4) is 0 Å². The van der Waals surface area contributed by atoms with E-state index in [0.717, 1.165) is 11.8 Å². The van der Waals surface area contributed by atoms with E-state index >= 15 is 0 Å². The van der Waals surface area contributed by atoms with Crippen LogP contribution in [0, 0.1) is 17.8 Å². The van der Waals surface area contributed by atoms with Crippen molar-refractivity contribution in [2.75, 3.05) is 0 Å². The molecule has 4 heteroatoms. The molecule has 4 atom stereocenters. The van der Waals surface area contributed by atoms with Gasteiger partial charge in [-0.15, -0.1) is 0 Å². The van der Waals surface area contributed by atoms with Gasteiger partial charge in [0.25, 0.3) is 11.9 Å². The van der Waals surface area contributed by atoms with Crippen molar-refractivity contribution in [3.63, 3.8) is 0 Å². The second-order valence-electron chi connectivity index (χ2n) is 5.95. The van der Waals surface area contributed by atoms with Crippen LogP contribution in [0.2, 0.25) is 0 Å². The molecule has 0 aromatic rings. The second kappa shape index (κ2) is 4.00. The molecule has 1 unspecified atom stereocenters. The van der Waals surface area contributed by atoms with E-state index in [1.54, 1.807) is 0 Å². The summed E-state index contributed by atoms with van der Waals surface area (Å²) in [4.78, 5) is 16.2. The van der Waals surface area contributed by atoms with Gasteiger partial charge in [0.05, 0.1) is 6.04 Å². The minimum atomic E-state index is -0.354. The molecular formula is C13H20N2O2. The molecule has 1 heterocycles. The van der Waals surface area contributed by atoms with Crippen molar-refractivity contribution >= 4 is 11.9 Å². The van der Waals surface area contributed by atoms with Gasteiger partial charge in [0.1, 0.15) is 0 Å². The van der Waals surface area contributed by atoms with Crippen LogP contribution in [0.3, 0.4) is 0 Å². The van der Waals surface area contributed by atoms with Crippen molar-refractivity contribution in [1.29, 1.82) is 0 Å². The summed E-state index contributed by atoms with van der Waals surface area (Å²) < 4.78 is 5.59. The molecule has 3 rings (SSSR count). The summed E-state index contributed by atoms with van der Waals surface area (Å²) in [5.41, 5.74) is 0. The van der Waals surface area contributed by atoms with Crippen LogP contribution >= 0.6 is 0 Å². The average Bonchev–Trinajstić information content (AvgIpc) is 2.93. The third-order valence-electron chi connectivity index (χ3n) is 4.32. The van der Waals surface area contributed by atoms with Crippen LogP contribution in [-0.2, 0) is 9.53 Å². The Labute approximate surface area is 102 Å². The number of nitrogens with one attached hydrogen (secondary N) is 1. The largest absolute Gasteiger partial charge is 0.451 e. The van der Waals surface area contributed by atoms with Gasteiger partial charge in [-0.25, -0.2) is 4.99 Å². The predicted octanol–water partition coefficient (Wildman–Crippen LogP) is 1.70. The van der Waals surface area contributed by atoms with Crippen molar-refractivity contribution in [2.45, 2.75) is 51.7 Å². The number of nitrogens with zero attached hydrogens (tertiary/aromatic N) is 1. The van der Waals surface area contributed by atoms with Crippen LogP contribution < -0.4 is 5.32 Å². The van der Waals surface area contributed by atoms with Gasteiger partial charge in [-0.2, -0.15) is 0 Å². The first-order valence-corrected chi connectivity index (χ1v) is 6.69. The van der Waals surface area contributed by atoms with Gasteiger partial charge in [-0.1, -0.05) is 20.3 Å². The molecule has 4 nitrogen and oxygen atoms in total. The Morgan fingerprint density at radius 3 is 2.71 bits per heavy atom. The zero-order valence-electron chi connectivity index (χ0n) is 10.5. The molecule has 0 radical (unpaired) electrons. The lowest BCUT2D eigenvalue weighted by atomic mass is 9.96. The fourth-order valence-electron chi connectivity index (χ4n) is 3.40. The van der Waals surface area contributed by atoms with Crippen molar-refractivity contribution in [2.24, 2.45) is 22.7 Å². The first kappa shape index (κ1) is 11.1. The van der Waals surface area contributed by atoms with E-state index in [2.05, 4.69) is 10.3 Å². The summed E-state index contributed by atoms with van der Waals surface area (Å²) in [6, 6.07) is 0.848. The van der Waals surface area contributed by atoms with Crippen LogP contribution in [0.1, 0.15) is 39.5 Å². The fourth-order valence-corrected chi connectivity index (χ4v) is 3.40. The van der Waals surface area contributed by atoms with Crippen molar-refractivity contribution in [3.05, 3.63) is 0 Å². The smallest absolute Gasteiger partial charge is 0.292 e. The topological polar surface area (TPSA) is 50.7 Å². The summed E-state index contributed by atoms with van der Waals surface area (Å²) in [6.45, 7) is 3.98. The van der Waals surface area contributed by atoms with E-state index in [4.69, 9.17) is 4.74 Å². The fraction of sp³-hybridized carbons (Fsp3) is 0.846. The first-order valence-electron chi connectivity index (χ1n) is 6.69. The molecule has 1 aliphatic heterocycles. The second-order valence-corrected chi connectivity index (χ2v) is 5.95. The van der Waals surface area contributed by atoms with Gasteiger partial charge < -0.3 is 4.74 Å². The lowest BCUT2D eigenvalue weighted by Gasteiger charge is -2.17. The molecule has 1 N–H and O–H groups in total. The SMILES string of the molecule is CC(C)C1OC(=N[C@@H]2C[C@H]3CC[C@@H]2C3)NC1=O. The molecule has 2 saturated carbocycles. The number of amides is 1. The molecule has 0 aromatic heterocycles. The van der Waals surface area contributed by atoms with Gasteiger partial charge in [0.15, 0.2) is 6.10 Å². The maximum absolute atomic E-state index is 11.6. The quantitative estimate of drug-likeness (QED) is 0.793. The minimum Gasteiger partial charge on any atom is -0.451 e. The number of fused-ring (bicyclic) bond motifs is 2. The molecule has 1 saturated heterocycles. The highest BCUT2D eigenvalue weighted by atomic mass is 16.5. The number of ether oxygens (including phenoxy) is 1. The first-order chi connectivity index (χ1) is 8.13. The highest BCUT2D eigenvalue weighted by Gasteiger charge is 2.41. The summed E-state index contributed by atoms with van der Waals surface area (Å²) in [5, 5.41) is 2.76. The normalized spacial score (nSPS) is 42.3. The van der Waals surface area contributed by atoms with Crippen molar-refractivity contribution < 1.29 is 9.53 Å². The zero-order valence-corrected chi connectivity index (χ0v) is 10.5. The van der Waals surface area contributed by atoms with Crippen LogP contribution in [0.5, 0.6) is 0 Å². The Morgan fingerprint density at radius 2 is 2.18 bits per heavy atom. The van der Waals surface area contributed by atoms with E-state index in [1.807, 2.05) is 13.8 Å². The summed E-state index contributed by atoms with van der Waals surface area (Å²) in [5.74, 6) is 1.75. The number of carbonyl (C=O) groups excluding carboxylic acids is 1. The maximum Gasteiger partial charge on any atom is 0.292 e. The van der Waals surface area contributed by atoms with Gasteiger partial charge in [0.2, 0.25) is 0 Å². The standard InChI is InChI=1S/C13H20N2O2/c1-7(2)11-12(16)15-13(17-11)14-10-6-8-3-4-9(10)5-8/h7-11H,3-6H2,1-2H3,(H,14,15,16)/t8-,9+,10+,11?/m0/s1. The molecule has 17 heavy (non-hydrogen) atoms. The zero-order chi connectivity index (χ0) is 12.0. The minimum absolute atomic E-state index is 0.0399. The van der Waals surface area contributed by atoms with Crippen LogP contribution in [0.4, 0.5) is 0 Å². The van der Waals surface area contributed by atoms with Gasteiger partial charge in [0, 0.05) is 0 Å². The monoisotopic (exact) mass is 236 g/mol. The Balaban J connectivity index is 1.68. The Bertz CT molecular complexity index is 364. The third kappa shape index (κ3) is 1.94. The average molecular weight is 236 g/mol. The maximum atomic E-state index is 11.6. The van der Waals surface area contributed by atoms with E-state index in [0.29, 0.717) is 12.1 Å². The molecule has 3 fully saturated rings. The molecule has 1 amide bonds. The molecule has 0 spiro atoms. The highest BCUT2D eigenvalue weighted by molar-refractivity contribution is 6.02. The highest BCUT2D eigenvalue weighted by Crippen LogP contribution is 2.46. The molecule has 2 bridgehead atoms. The predicted molar refractivity (Wildman–Crippen MR) is 64.5 cm³/mol. The summed E-state index contributed by atoms with van der Waals surface area (Å²) in [6.07, 6.45) is 4.82. The molecule has 2 aliphatic carbocycles. The van der Waals surface area contributed by atoms with Crippen LogP contribution in [-0.4, -0.2) is 24.1 Å². The lowest BCUT2D eigenvalue weighted by molar-refractivity contribution is -0.124. The van der Waals surface area contributed by atoms with Crippen LogP contribution in [0.25, 0.3) is 0 Å². The summed E-state index contributed by atoms with van der Waals surface area (Å²) in [7, 11) is 0. The van der Waals surface area contributed by atoms with Gasteiger partial charge >= 0.3 is 0 Å². The molecule has 94 valence electrons. The third-order valence-corrected chi connectivity index (χ3v) is 4.32. The number of amidine groups is 1. The van der Waals surface area contributed by atoms with E-state index in [1.165, 1.54) is 25.7 Å². The Morgan fingerprint density at radius 1 is 1.35 bits per heavy atom. The summed E-state index contributed by atoms with van der Waals surface area (Å²) >= 11 is 0. The van der Waals surface area contributed by atoms with Crippen molar-refractivity contribution in [1.82, 2.24) is 5.32 Å². The van der Waals surface area contributed by atoms with E-state index < -0.39 is 0 Å². The van der Waals surface area contributed by atoms with Gasteiger partial charge in [-0.3, -0.25) is 10.1 Å². The molecule has 0 aromatic carbocycles. The number of hydrogen-bond acceptors (Lipinski definition) is 3. The number of hydrogen-bond donors (Lipinski definition) is 1. The number of carbonyl (C=O) groups is 1. The Kier molecular flexibility index (Phi) is 2.60. The molecule has 3 aliphatic rings.